The van der Waals surface area contributed by atoms with Crippen LogP contribution in [0.5, 0.6) is 0 Å². The minimum atomic E-state index is -0.531. The molecule has 1 atom stereocenters. The summed E-state index contributed by atoms with van der Waals surface area (Å²) in [7, 11) is 0. The predicted molar refractivity (Wildman–Crippen MR) is 75.6 cm³/mol. The molecule has 2 rings (SSSR count). The van der Waals surface area contributed by atoms with Crippen molar-refractivity contribution in [2.45, 2.75) is 19.9 Å². The molecular weight excluding hydrogens is 287 g/mol. The number of anilines is 1. The molecule has 6 heteroatoms. The molecule has 0 aliphatic carbocycles. The molecule has 1 aromatic carbocycles. The Morgan fingerprint density at radius 1 is 1.32 bits per heavy atom. The third-order valence-corrected chi connectivity index (χ3v) is 3.85. The lowest BCUT2D eigenvalue weighted by molar-refractivity contribution is -0.132. The summed E-state index contributed by atoms with van der Waals surface area (Å²) in [5, 5.41) is 3.34. The minimum Gasteiger partial charge on any atom is -0.342 e. The zero-order chi connectivity index (χ0) is 14.2. The van der Waals surface area contributed by atoms with Gasteiger partial charge in [0, 0.05) is 0 Å². The first kappa shape index (κ1) is 14.2. The van der Waals surface area contributed by atoms with Gasteiger partial charge in [0.1, 0.15) is 12.6 Å². The highest BCUT2D eigenvalue weighted by atomic mass is 35.5. The van der Waals surface area contributed by atoms with Crippen molar-refractivity contribution < 1.29 is 9.59 Å². The number of hydrogen-bond acceptors (Lipinski definition) is 2. The molecular formula is C13H14Cl2N2O2. The maximum absolute atomic E-state index is 12.4. The fraction of sp³-hybridized carbons (Fsp3) is 0.385. The van der Waals surface area contributed by atoms with Gasteiger partial charge >= 0.3 is 0 Å². The zero-order valence-electron chi connectivity index (χ0n) is 10.6. The lowest BCUT2D eigenvalue weighted by Crippen LogP contribution is -2.60. The molecule has 4 nitrogen and oxygen atoms in total. The fourth-order valence-corrected chi connectivity index (χ4v) is 2.42. The van der Waals surface area contributed by atoms with Gasteiger partial charge < -0.3 is 5.32 Å². The van der Waals surface area contributed by atoms with Crippen molar-refractivity contribution in [3.8, 4) is 0 Å². The molecule has 1 aliphatic heterocycles. The van der Waals surface area contributed by atoms with Crippen molar-refractivity contribution in [3.63, 3.8) is 0 Å². The molecule has 0 saturated carbocycles. The molecule has 0 spiro atoms. The monoisotopic (exact) mass is 300 g/mol. The fourth-order valence-electron chi connectivity index (χ4n) is 2.03. The zero-order valence-corrected chi connectivity index (χ0v) is 12.1. The summed E-state index contributed by atoms with van der Waals surface area (Å²) in [6.45, 7) is 3.72. The van der Waals surface area contributed by atoms with Crippen LogP contribution in [0.15, 0.2) is 18.2 Å². The number of nitrogens with one attached hydrogen (secondary N) is 1. The van der Waals surface area contributed by atoms with Gasteiger partial charge in [0.25, 0.3) is 0 Å². The average molecular weight is 301 g/mol. The highest BCUT2D eigenvalue weighted by Gasteiger charge is 2.36. The third kappa shape index (κ3) is 2.69. The van der Waals surface area contributed by atoms with Crippen LogP contribution >= 0.6 is 23.2 Å². The molecule has 0 aromatic heterocycles. The third-order valence-electron chi connectivity index (χ3n) is 3.04. The second-order valence-corrected chi connectivity index (χ2v) is 5.57. The first-order valence-corrected chi connectivity index (χ1v) is 6.72. The van der Waals surface area contributed by atoms with Crippen molar-refractivity contribution >= 4 is 40.7 Å². The van der Waals surface area contributed by atoms with Crippen molar-refractivity contribution in [1.29, 1.82) is 0 Å². The Balaban J connectivity index is 2.40. The van der Waals surface area contributed by atoms with E-state index in [0.717, 1.165) is 0 Å². The number of benzene rings is 1. The summed E-state index contributed by atoms with van der Waals surface area (Å²) in [5.41, 5.74) is 0.472. The van der Waals surface area contributed by atoms with Gasteiger partial charge in [-0.15, -0.1) is 0 Å². The van der Waals surface area contributed by atoms with E-state index in [1.807, 2.05) is 13.8 Å². The molecule has 1 aliphatic rings. The van der Waals surface area contributed by atoms with Crippen LogP contribution < -0.4 is 10.2 Å². The van der Waals surface area contributed by atoms with Gasteiger partial charge in [0.05, 0.1) is 15.7 Å². The standard InChI is InChI=1S/C13H14Cl2N2O2/c1-7(2)12-13(19)17(6-10(18)16-12)9-5-3-4-8(14)11(9)15/h3-5,7,12H,6H2,1-2H3,(H,16,18). The highest BCUT2D eigenvalue weighted by Crippen LogP contribution is 2.33. The van der Waals surface area contributed by atoms with Gasteiger partial charge in [0.2, 0.25) is 11.8 Å². The number of amides is 2. The molecule has 1 heterocycles. The van der Waals surface area contributed by atoms with Crippen LogP contribution in [0.3, 0.4) is 0 Å². The number of halogens is 2. The van der Waals surface area contributed by atoms with Crippen LogP contribution in [-0.2, 0) is 9.59 Å². The molecule has 0 radical (unpaired) electrons. The molecule has 1 N–H and O–H groups in total. The van der Waals surface area contributed by atoms with Crippen molar-refractivity contribution in [2.24, 2.45) is 5.92 Å². The van der Waals surface area contributed by atoms with E-state index in [4.69, 9.17) is 23.2 Å². The Labute approximate surface area is 121 Å². The van der Waals surface area contributed by atoms with Gasteiger partial charge in [0.15, 0.2) is 0 Å². The van der Waals surface area contributed by atoms with Crippen LogP contribution in [-0.4, -0.2) is 24.4 Å². The predicted octanol–water partition coefficient (Wildman–Crippen LogP) is 2.48. The van der Waals surface area contributed by atoms with E-state index >= 15 is 0 Å². The summed E-state index contributed by atoms with van der Waals surface area (Å²) < 4.78 is 0. The van der Waals surface area contributed by atoms with Crippen molar-refractivity contribution in [3.05, 3.63) is 28.2 Å². The molecule has 102 valence electrons. The van der Waals surface area contributed by atoms with Crippen LogP contribution in [0.4, 0.5) is 5.69 Å². The Morgan fingerprint density at radius 2 is 2.00 bits per heavy atom. The highest BCUT2D eigenvalue weighted by molar-refractivity contribution is 6.44. The second-order valence-electron chi connectivity index (χ2n) is 4.79. The van der Waals surface area contributed by atoms with E-state index in [1.165, 1.54) is 4.90 Å². The number of carbonyl (C=O) groups excluding carboxylic acids is 2. The topological polar surface area (TPSA) is 49.4 Å². The summed E-state index contributed by atoms with van der Waals surface area (Å²) in [6.07, 6.45) is 0. The number of piperazine rings is 1. The number of nitrogens with zero attached hydrogens (tertiary/aromatic N) is 1. The Hall–Kier alpha value is -1.26. The SMILES string of the molecule is CC(C)C1NC(=O)CN(c2cccc(Cl)c2Cl)C1=O. The maximum Gasteiger partial charge on any atom is 0.250 e. The molecule has 1 unspecified atom stereocenters. The van der Waals surface area contributed by atoms with Gasteiger partial charge in [-0.05, 0) is 18.1 Å². The average Bonchev–Trinajstić information content (AvgIpc) is 2.35. The number of hydrogen-bond donors (Lipinski definition) is 1. The van der Waals surface area contributed by atoms with Crippen LogP contribution in [0, 0.1) is 5.92 Å². The number of rotatable bonds is 2. The van der Waals surface area contributed by atoms with Crippen LogP contribution in [0.2, 0.25) is 10.0 Å². The van der Waals surface area contributed by atoms with Crippen LogP contribution in [0.25, 0.3) is 0 Å². The lowest BCUT2D eigenvalue weighted by atomic mass is 10.0. The smallest absolute Gasteiger partial charge is 0.250 e. The van der Waals surface area contributed by atoms with Gasteiger partial charge in [-0.3, -0.25) is 14.5 Å². The molecule has 2 amide bonds. The van der Waals surface area contributed by atoms with Crippen molar-refractivity contribution in [2.75, 3.05) is 11.4 Å². The Kier molecular flexibility index (Phi) is 4.02. The molecule has 1 saturated heterocycles. The number of carbonyl (C=O) groups is 2. The lowest BCUT2D eigenvalue weighted by Gasteiger charge is -2.34. The van der Waals surface area contributed by atoms with Gasteiger partial charge in [-0.1, -0.05) is 43.1 Å². The second kappa shape index (κ2) is 5.39. The van der Waals surface area contributed by atoms with Gasteiger partial charge in [-0.25, -0.2) is 0 Å². The maximum atomic E-state index is 12.4. The van der Waals surface area contributed by atoms with Crippen molar-refractivity contribution in [1.82, 2.24) is 5.32 Å². The summed E-state index contributed by atoms with van der Waals surface area (Å²) in [4.78, 5) is 25.5. The van der Waals surface area contributed by atoms with E-state index in [-0.39, 0.29) is 29.3 Å². The van der Waals surface area contributed by atoms with Gasteiger partial charge in [-0.2, -0.15) is 0 Å². The summed E-state index contributed by atoms with van der Waals surface area (Å²) in [6, 6.07) is 4.49. The van der Waals surface area contributed by atoms with E-state index in [9.17, 15) is 9.59 Å². The Bertz CT molecular complexity index is 531. The Morgan fingerprint density at radius 3 is 2.63 bits per heavy atom. The first-order valence-electron chi connectivity index (χ1n) is 5.96. The molecule has 1 aromatic rings. The largest absolute Gasteiger partial charge is 0.342 e. The van der Waals surface area contributed by atoms with Crippen LogP contribution in [0.1, 0.15) is 13.8 Å². The van der Waals surface area contributed by atoms with E-state index in [1.54, 1.807) is 18.2 Å². The summed E-state index contributed by atoms with van der Waals surface area (Å²) in [5.74, 6) is -0.356. The normalized spacial score (nSPS) is 19.8. The summed E-state index contributed by atoms with van der Waals surface area (Å²) >= 11 is 12.1. The van der Waals surface area contributed by atoms with E-state index in [0.29, 0.717) is 10.7 Å². The molecule has 19 heavy (non-hydrogen) atoms. The minimum absolute atomic E-state index is 0.0113. The molecule has 1 fully saturated rings. The quantitative estimate of drug-likeness (QED) is 0.912. The van der Waals surface area contributed by atoms with E-state index in [2.05, 4.69) is 5.32 Å². The first-order chi connectivity index (χ1) is 8.91. The van der Waals surface area contributed by atoms with E-state index < -0.39 is 6.04 Å². The molecule has 0 bridgehead atoms.